The summed E-state index contributed by atoms with van der Waals surface area (Å²) in [4.78, 5) is 15.4. The molecule has 92 valence electrons. The van der Waals surface area contributed by atoms with Gasteiger partial charge in [-0.1, -0.05) is 12.1 Å². The van der Waals surface area contributed by atoms with E-state index in [1.54, 1.807) is 37.3 Å². The zero-order chi connectivity index (χ0) is 13.0. The molecule has 0 radical (unpaired) electrons. The van der Waals surface area contributed by atoms with Gasteiger partial charge in [-0.15, -0.1) is 0 Å². The standard InChI is InChI=1S/C14H12FNO2/c1-2-18-14(17)11-5-3-10(4-6-11)13-8-7-12(15)9-16-13/h3-9H,2H2,1H3. The van der Waals surface area contributed by atoms with Gasteiger partial charge in [0, 0.05) is 5.56 Å². The predicted octanol–water partition coefficient (Wildman–Crippen LogP) is 3.06. The molecule has 0 N–H and O–H groups in total. The molecule has 0 atom stereocenters. The Morgan fingerprint density at radius 2 is 1.94 bits per heavy atom. The van der Waals surface area contributed by atoms with Crippen molar-refractivity contribution in [1.82, 2.24) is 4.98 Å². The Bertz CT molecular complexity index is 535. The first-order valence-corrected chi connectivity index (χ1v) is 5.60. The third kappa shape index (κ3) is 2.71. The second kappa shape index (κ2) is 5.40. The van der Waals surface area contributed by atoms with Crippen LogP contribution in [0, 0.1) is 5.82 Å². The van der Waals surface area contributed by atoms with Gasteiger partial charge in [-0.25, -0.2) is 9.18 Å². The van der Waals surface area contributed by atoms with Gasteiger partial charge >= 0.3 is 5.97 Å². The van der Waals surface area contributed by atoms with Crippen LogP contribution in [0.25, 0.3) is 11.3 Å². The molecule has 0 fully saturated rings. The van der Waals surface area contributed by atoms with E-state index in [0.29, 0.717) is 17.9 Å². The highest BCUT2D eigenvalue weighted by molar-refractivity contribution is 5.89. The van der Waals surface area contributed by atoms with Gasteiger partial charge in [-0.05, 0) is 31.2 Å². The number of hydrogen-bond donors (Lipinski definition) is 0. The maximum Gasteiger partial charge on any atom is 0.338 e. The number of carbonyl (C=O) groups excluding carboxylic acids is 1. The molecule has 0 unspecified atom stereocenters. The number of rotatable bonds is 3. The van der Waals surface area contributed by atoms with Crippen molar-refractivity contribution < 1.29 is 13.9 Å². The minimum absolute atomic E-state index is 0.347. The van der Waals surface area contributed by atoms with Crippen molar-refractivity contribution in [3.8, 4) is 11.3 Å². The molecule has 0 bridgehead atoms. The molecule has 0 saturated heterocycles. The molecule has 1 aromatic heterocycles. The first-order valence-electron chi connectivity index (χ1n) is 5.60. The van der Waals surface area contributed by atoms with Gasteiger partial charge in [0.25, 0.3) is 0 Å². The van der Waals surface area contributed by atoms with E-state index in [-0.39, 0.29) is 11.8 Å². The lowest BCUT2D eigenvalue weighted by molar-refractivity contribution is 0.0526. The number of aromatic nitrogens is 1. The summed E-state index contributed by atoms with van der Waals surface area (Å²) >= 11 is 0. The van der Waals surface area contributed by atoms with E-state index < -0.39 is 0 Å². The van der Waals surface area contributed by atoms with E-state index in [4.69, 9.17) is 4.74 Å². The van der Waals surface area contributed by atoms with Gasteiger partial charge in [0.1, 0.15) is 5.82 Å². The van der Waals surface area contributed by atoms with Crippen LogP contribution in [0.2, 0.25) is 0 Å². The normalized spacial score (nSPS) is 10.1. The van der Waals surface area contributed by atoms with Gasteiger partial charge in [0.15, 0.2) is 0 Å². The highest BCUT2D eigenvalue weighted by Gasteiger charge is 2.06. The van der Waals surface area contributed by atoms with Crippen molar-refractivity contribution in [2.75, 3.05) is 6.61 Å². The summed E-state index contributed by atoms with van der Waals surface area (Å²) in [6, 6.07) is 9.78. The largest absolute Gasteiger partial charge is 0.462 e. The maximum atomic E-state index is 12.7. The number of hydrogen-bond acceptors (Lipinski definition) is 3. The second-order valence-electron chi connectivity index (χ2n) is 3.66. The van der Waals surface area contributed by atoms with Crippen LogP contribution in [0.4, 0.5) is 4.39 Å². The molecule has 0 spiro atoms. The van der Waals surface area contributed by atoms with E-state index in [9.17, 15) is 9.18 Å². The fourth-order valence-electron chi connectivity index (χ4n) is 1.54. The Morgan fingerprint density at radius 3 is 2.50 bits per heavy atom. The monoisotopic (exact) mass is 245 g/mol. The van der Waals surface area contributed by atoms with Crippen LogP contribution in [0.3, 0.4) is 0 Å². The summed E-state index contributed by atoms with van der Waals surface area (Å²) in [5.41, 5.74) is 1.97. The molecule has 0 saturated carbocycles. The average Bonchev–Trinajstić information content (AvgIpc) is 2.40. The first-order chi connectivity index (χ1) is 8.70. The van der Waals surface area contributed by atoms with Crippen LogP contribution < -0.4 is 0 Å². The molecular formula is C14H12FNO2. The molecule has 0 aliphatic rings. The summed E-state index contributed by atoms with van der Waals surface area (Å²) in [6.45, 7) is 2.11. The number of nitrogens with zero attached hydrogens (tertiary/aromatic N) is 1. The van der Waals surface area contributed by atoms with Crippen molar-refractivity contribution in [1.29, 1.82) is 0 Å². The molecule has 4 heteroatoms. The van der Waals surface area contributed by atoms with Crippen molar-refractivity contribution >= 4 is 5.97 Å². The quantitative estimate of drug-likeness (QED) is 0.780. The number of pyridine rings is 1. The Labute approximate surface area is 104 Å². The molecule has 0 aliphatic heterocycles. The lowest BCUT2D eigenvalue weighted by Crippen LogP contribution is -2.04. The van der Waals surface area contributed by atoms with E-state index in [2.05, 4.69) is 4.98 Å². The van der Waals surface area contributed by atoms with E-state index in [1.807, 2.05) is 0 Å². The minimum atomic E-state index is -0.373. The van der Waals surface area contributed by atoms with Crippen molar-refractivity contribution in [2.24, 2.45) is 0 Å². The molecule has 2 rings (SSSR count). The molecule has 1 heterocycles. The summed E-state index contributed by atoms with van der Waals surface area (Å²) < 4.78 is 17.6. The molecular weight excluding hydrogens is 233 g/mol. The number of carbonyl (C=O) groups is 1. The molecule has 18 heavy (non-hydrogen) atoms. The third-order valence-electron chi connectivity index (χ3n) is 2.42. The van der Waals surface area contributed by atoms with E-state index in [1.165, 1.54) is 6.07 Å². The summed E-state index contributed by atoms with van der Waals surface area (Å²) in [5, 5.41) is 0. The number of benzene rings is 1. The van der Waals surface area contributed by atoms with Crippen molar-refractivity contribution in [2.45, 2.75) is 6.92 Å². The van der Waals surface area contributed by atoms with E-state index >= 15 is 0 Å². The fourth-order valence-corrected chi connectivity index (χ4v) is 1.54. The molecule has 0 aliphatic carbocycles. The smallest absolute Gasteiger partial charge is 0.338 e. The molecule has 2 aromatic rings. The Morgan fingerprint density at radius 1 is 1.22 bits per heavy atom. The zero-order valence-corrected chi connectivity index (χ0v) is 9.89. The van der Waals surface area contributed by atoms with Gasteiger partial charge < -0.3 is 4.74 Å². The Hall–Kier alpha value is -2.23. The first kappa shape index (κ1) is 12.2. The highest BCUT2D eigenvalue weighted by Crippen LogP contribution is 2.17. The topological polar surface area (TPSA) is 39.2 Å². The number of esters is 1. The van der Waals surface area contributed by atoms with Crippen molar-refractivity contribution in [3.63, 3.8) is 0 Å². The van der Waals surface area contributed by atoms with Crippen LogP contribution in [0.15, 0.2) is 42.6 Å². The van der Waals surface area contributed by atoms with Crippen LogP contribution in [-0.4, -0.2) is 17.6 Å². The second-order valence-corrected chi connectivity index (χ2v) is 3.66. The number of halogens is 1. The summed E-state index contributed by atoms with van der Waals surface area (Å²) in [5.74, 6) is -0.724. The molecule has 3 nitrogen and oxygen atoms in total. The predicted molar refractivity (Wildman–Crippen MR) is 65.6 cm³/mol. The Kier molecular flexibility index (Phi) is 3.67. The SMILES string of the molecule is CCOC(=O)c1ccc(-c2ccc(F)cn2)cc1. The summed E-state index contributed by atoms with van der Waals surface area (Å²) in [6.07, 6.45) is 1.16. The van der Waals surface area contributed by atoms with Gasteiger partial charge in [-0.2, -0.15) is 0 Å². The lowest BCUT2D eigenvalue weighted by Gasteiger charge is -2.03. The molecule has 1 aromatic carbocycles. The van der Waals surface area contributed by atoms with Gasteiger partial charge in [-0.3, -0.25) is 4.98 Å². The van der Waals surface area contributed by atoms with Crippen LogP contribution in [0.5, 0.6) is 0 Å². The lowest BCUT2D eigenvalue weighted by atomic mass is 10.1. The maximum absolute atomic E-state index is 12.7. The Balaban J connectivity index is 2.22. The highest BCUT2D eigenvalue weighted by atomic mass is 19.1. The summed E-state index contributed by atoms with van der Waals surface area (Å²) in [7, 11) is 0. The van der Waals surface area contributed by atoms with Crippen LogP contribution in [-0.2, 0) is 4.74 Å². The van der Waals surface area contributed by atoms with E-state index in [0.717, 1.165) is 11.8 Å². The minimum Gasteiger partial charge on any atom is -0.462 e. The van der Waals surface area contributed by atoms with Crippen LogP contribution in [0.1, 0.15) is 17.3 Å². The fraction of sp³-hybridized carbons (Fsp3) is 0.143. The third-order valence-corrected chi connectivity index (χ3v) is 2.42. The van der Waals surface area contributed by atoms with Gasteiger partial charge in [0.2, 0.25) is 0 Å². The van der Waals surface area contributed by atoms with Crippen molar-refractivity contribution in [3.05, 3.63) is 54.0 Å². The van der Waals surface area contributed by atoms with Crippen LogP contribution >= 0.6 is 0 Å². The zero-order valence-electron chi connectivity index (χ0n) is 9.89. The number of ether oxygens (including phenoxy) is 1. The van der Waals surface area contributed by atoms with Gasteiger partial charge in [0.05, 0.1) is 24.1 Å². The average molecular weight is 245 g/mol. The molecule has 0 amide bonds.